The van der Waals surface area contributed by atoms with Crippen LogP contribution in [0.3, 0.4) is 0 Å². The van der Waals surface area contributed by atoms with Gasteiger partial charge in [-0.05, 0) is 63.6 Å². The highest BCUT2D eigenvalue weighted by molar-refractivity contribution is 5.94. The van der Waals surface area contributed by atoms with E-state index in [1.165, 1.54) is 0 Å². The van der Waals surface area contributed by atoms with Gasteiger partial charge in [-0.2, -0.15) is 0 Å². The second-order valence-corrected chi connectivity index (χ2v) is 7.48. The Balaban J connectivity index is 1.61. The van der Waals surface area contributed by atoms with Crippen LogP contribution in [-0.4, -0.2) is 67.6 Å². The van der Waals surface area contributed by atoms with Crippen molar-refractivity contribution in [2.24, 2.45) is 0 Å². The molecule has 0 spiro atoms. The summed E-state index contributed by atoms with van der Waals surface area (Å²) < 4.78 is 5.01. The fourth-order valence-corrected chi connectivity index (χ4v) is 3.84. The van der Waals surface area contributed by atoms with Gasteiger partial charge in [0.2, 0.25) is 0 Å². The number of carbonyl (C=O) groups excluding carboxylic acids is 2. The summed E-state index contributed by atoms with van der Waals surface area (Å²) in [7, 11) is 0. The Bertz CT molecular complexity index is 863. The fourth-order valence-electron chi connectivity index (χ4n) is 3.84. The predicted octanol–water partition coefficient (Wildman–Crippen LogP) is 3.46. The molecule has 2 heterocycles. The molecule has 1 aliphatic rings. The van der Waals surface area contributed by atoms with Crippen molar-refractivity contribution in [1.29, 1.82) is 0 Å². The molecule has 31 heavy (non-hydrogen) atoms. The highest BCUT2D eigenvalue weighted by atomic mass is 16.5. The number of ether oxygens (including phenoxy) is 1. The molecule has 1 amide bonds. The standard InChI is InChI=1S/C24H32N4O3/c1-4-26(5-2)21-11-8-19(9-12-21)23(29)28-15-7-14-27(16-17-28)22-13-10-20(18-25-22)24(30)31-6-3/h8-13,18H,4-7,14-17H2,1-3H3. The Morgan fingerprint density at radius 2 is 1.65 bits per heavy atom. The van der Waals surface area contributed by atoms with Crippen molar-refractivity contribution in [3.05, 3.63) is 53.7 Å². The molecule has 166 valence electrons. The summed E-state index contributed by atoms with van der Waals surface area (Å²) in [5.74, 6) is 0.519. The van der Waals surface area contributed by atoms with Crippen LogP contribution in [0.4, 0.5) is 11.5 Å². The Kier molecular flexibility index (Phi) is 7.87. The third-order valence-electron chi connectivity index (χ3n) is 5.61. The van der Waals surface area contributed by atoms with E-state index in [0.717, 1.165) is 43.1 Å². The number of esters is 1. The zero-order valence-corrected chi connectivity index (χ0v) is 18.7. The topological polar surface area (TPSA) is 66.0 Å². The number of carbonyl (C=O) groups is 2. The maximum atomic E-state index is 13.0. The van der Waals surface area contributed by atoms with Gasteiger partial charge in [0.25, 0.3) is 5.91 Å². The van der Waals surface area contributed by atoms with Gasteiger partial charge in [-0.25, -0.2) is 9.78 Å². The van der Waals surface area contributed by atoms with Crippen LogP contribution in [0.1, 0.15) is 47.9 Å². The summed E-state index contributed by atoms with van der Waals surface area (Å²) >= 11 is 0. The Morgan fingerprint density at radius 1 is 0.935 bits per heavy atom. The lowest BCUT2D eigenvalue weighted by Gasteiger charge is -2.24. The van der Waals surface area contributed by atoms with Gasteiger partial charge in [-0.1, -0.05) is 0 Å². The van der Waals surface area contributed by atoms with E-state index < -0.39 is 0 Å². The van der Waals surface area contributed by atoms with E-state index in [2.05, 4.69) is 28.6 Å². The zero-order chi connectivity index (χ0) is 22.2. The number of anilines is 2. The fraction of sp³-hybridized carbons (Fsp3) is 0.458. The van der Waals surface area contributed by atoms with Crippen molar-refractivity contribution in [3.63, 3.8) is 0 Å². The van der Waals surface area contributed by atoms with Crippen LogP contribution in [0.2, 0.25) is 0 Å². The second kappa shape index (κ2) is 10.8. The van der Waals surface area contributed by atoms with Gasteiger partial charge in [0.15, 0.2) is 0 Å². The van der Waals surface area contributed by atoms with E-state index in [4.69, 9.17) is 4.74 Å². The number of benzene rings is 1. The highest BCUT2D eigenvalue weighted by Gasteiger charge is 2.21. The van der Waals surface area contributed by atoms with E-state index in [1.807, 2.05) is 35.2 Å². The van der Waals surface area contributed by atoms with Crippen LogP contribution >= 0.6 is 0 Å². The van der Waals surface area contributed by atoms with Crippen LogP contribution in [0, 0.1) is 0 Å². The SMILES string of the molecule is CCOC(=O)c1ccc(N2CCCN(C(=O)c3ccc(N(CC)CC)cc3)CC2)nc1. The van der Waals surface area contributed by atoms with Crippen molar-refractivity contribution < 1.29 is 14.3 Å². The number of rotatable bonds is 7. The van der Waals surface area contributed by atoms with Crippen molar-refractivity contribution in [3.8, 4) is 0 Å². The van der Waals surface area contributed by atoms with Crippen molar-refractivity contribution in [2.75, 3.05) is 55.7 Å². The molecule has 3 rings (SSSR count). The summed E-state index contributed by atoms with van der Waals surface area (Å²) in [5, 5.41) is 0. The number of aromatic nitrogens is 1. The Morgan fingerprint density at radius 3 is 2.26 bits per heavy atom. The van der Waals surface area contributed by atoms with Crippen molar-refractivity contribution in [2.45, 2.75) is 27.2 Å². The minimum atomic E-state index is -0.360. The van der Waals surface area contributed by atoms with Crippen LogP contribution in [0.5, 0.6) is 0 Å². The summed E-state index contributed by atoms with van der Waals surface area (Å²) in [6.07, 6.45) is 2.42. The lowest BCUT2D eigenvalue weighted by Crippen LogP contribution is -2.35. The summed E-state index contributed by atoms with van der Waals surface area (Å²) in [5.41, 5.74) is 2.31. The number of pyridine rings is 1. The molecule has 0 N–H and O–H groups in total. The molecule has 7 heteroatoms. The van der Waals surface area contributed by atoms with E-state index >= 15 is 0 Å². The van der Waals surface area contributed by atoms with E-state index in [9.17, 15) is 9.59 Å². The smallest absolute Gasteiger partial charge is 0.339 e. The number of hydrogen-bond acceptors (Lipinski definition) is 6. The predicted molar refractivity (Wildman–Crippen MR) is 123 cm³/mol. The first-order valence-corrected chi connectivity index (χ1v) is 11.1. The van der Waals surface area contributed by atoms with Crippen LogP contribution in [-0.2, 0) is 4.74 Å². The molecule has 0 radical (unpaired) electrons. The van der Waals surface area contributed by atoms with Gasteiger partial charge >= 0.3 is 5.97 Å². The lowest BCUT2D eigenvalue weighted by atomic mass is 10.1. The molecule has 7 nitrogen and oxygen atoms in total. The highest BCUT2D eigenvalue weighted by Crippen LogP contribution is 2.19. The van der Waals surface area contributed by atoms with Gasteiger partial charge in [-0.3, -0.25) is 4.79 Å². The van der Waals surface area contributed by atoms with E-state index in [1.54, 1.807) is 19.2 Å². The Hall–Kier alpha value is -3.09. The molecule has 0 unspecified atom stereocenters. The molecule has 2 aromatic rings. The molecule has 1 aromatic carbocycles. The second-order valence-electron chi connectivity index (χ2n) is 7.48. The number of nitrogens with zero attached hydrogens (tertiary/aromatic N) is 4. The average Bonchev–Trinajstić information content (AvgIpc) is 3.06. The van der Waals surface area contributed by atoms with Crippen molar-refractivity contribution >= 4 is 23.4 Å². The molecule has 0 bridgehead atoms. The van der Waals surface area contributed by atoms with Crippen LogP contribution < -0.4 is 9.80 Å². The molecular formula is C24H32N4O3. The third kappa shape index (κ3) is 5.54. The minimum absolute atomic E-state index is 0.0681. The van der Waals surface area contributed by atoms with Gasteiger partial charge in [0, 0.05) is 56.7 Å². The van der Waals surface area contributed by atoms with Crippen LogP contribution in [0.15, 0.2) is 42.6 Å². The molecule has 0 atom stereocenters. The van der Waals surface area contributed by atoms with Crippen molar-refractivity contribution in [1.82, 2.24) is 9.88 Å². The largest absolute Gasteiger partial charge is 0.462 e. The first-order valence-electron chi connectivity index (χ1n) is 11.1. The van der Waals surface area contributed by atoms with Gasteiger partial charge in [0.1, 0.15) is 5.82 Å². The molecule has 0 aliphatic carbocycles. The first kappa shape index (κ1) is 22.6. The molecule has 0 saturated carbocycles. The maximum absolute atomic E-state index is 13.0. The average molecular weight is 425 g/mol. The summed E-state index contributed by atoms with van der Waals surface area (Å²) in [4.78, 5) is 35.6. The summed E-state index contributed by atoms with van der Waals surface area (Å²) in [6, 6.07) is 11.5. The van der Waals surface area contributed by atoms with Crippen LogP contribution in [0.25, 0.3) is 0 Å². The quantitative estimate of drug-likeness (QED) is 0.634. The first-order chi connectivity index (χ1) is 15.1. The molecular weight excluding hydrogens is 392 g/mol. The van der Waals surface area contributed by atoms with Gasteiger partial charge in [0.05, 0.1) is 12.2 Å². The molecule has 1 aromatic heterocycles. The normalized spacial score (nSPS) is 14.2. The number of hydrogen-bond donors (Lipinski definition) is 0. The monoisotopic (exact) mass is 424 g/mol. The minimum Gasteiger partial charge on any atom is -0.462 e. The third-order valence-corrected chi connectivity index (χ3v) is 5.61. The molecule has 1 saturated heterocycles. The molecule has 1 aliphatic heterocycles. The number of amides is 1. The maximum Gasteiger partial charge on any atom is 0.339 e. The molecule has 1 fully saturated rings. The lowest BCUT2D eigenvalue weighted by molar-refractivity contribution is 0.0525. The van der Waals surface area contributed by atoms with E-state index in [-0.39, 0.29) is 11.9 Å². The Labute approximate surface area is 184 Å². The summed E-state index contributed by atoms with van der Waals surface area (Å²) in [6.45, 7) is 11.1. The van der Waals surface area contributed by atoms with E-state index in [0.29, 0.717) is 31.8 Å². The van der Waals surface area contributed by atoms with Gasteiger partial charge in [-0.15, -0.1) is 0 Å². The van der Waals surface area contributed by atoms with Gasteiger partial charge < -0.3 is 19.4 Å². The zero-order valence-electron chi connectivity index (χ0n) is 18.7.